The highest BCUT2D eigenvalue weighted by Gasteiger charge is 2.59. The number of rotatable bonds is 11. The van der Waals surface area contributed by atoms with E-state index in [-0.39, 0.29) is 16.4 Å². The minimum absolute atomic E-state index is 0.116. The minimum atomic E-state index is -0.943. The number of anilines is 1. The molecule has 1 aromatic carbocycles. The Labute approximate surface area is 304 Å². The van der Waals surface area contributed by atoms with Gasteiger partial charge < -0.3 is 14.3 Å². The molecule has 0 saturated heterocycles. The SMILES string of the molecule is CC1=C(CCCC(=O)Nc2ccc3c(ccn3CCc3cnccn3)c2)[C@@H]2CC[C@H]3C(C)(C)[C@@H](O[Si](C(C)C)C(C)(C)C)CC[C@]3(C)[C@H]2CC1. The molecule has 2 heterocycles. The van der Waals surface area contributed by atoms with Crippen molar-refractivity contribution in [2.45, 2.75) is 150 Å². The van der Waals surface area contributed by atoms with Crippen LogP contribution in [0, 0.1) is 28.6 Å². The smallest absolute Gasteiger partial charge is 0.224 e. The summed E-state index contributed by atoms with van der Waals surface area (Å²) in [7, 11) is -0.943. The number of hydrogen-bond acceptors (Lipinski definition) is 4. The molecule has 50 heavy (non-hydrogen) atoms. The van der Waals surface area contributed by atoms with E-state index in [1.54, 1.807) is 23.5 Å². The molecular weight excluding hydrogens is 633 g/mol. The Morgan fingerprint density at radius 1 is 1.08 bits per heavy atom. The quantitative estimate of drug-likeness (QED) is 0.160. The zero-order valence-corrected chi connectivity index (χ0v) is 33.4. The Morgan fingerprint density at radius 3 is 2.60 bits per heavy atom. The summed E-state index contributed by atoms with van der Waals surface area (Å²) >= 11 is 0. The lowest BCUT2D eigenvalue weighted by Crippen LogP contribution is -2.58. The lowest BCUT2D eigenvalue weighted by molar-refractivity contribution is -0.144. The molecule has 1 N–H and O–H groups in total. The normalized spacial score (nSPS) is 26.7. The van der Waals surface area contributed by atoms with Gasteiger partial charge in [0.2, 0.25) is 14.9 Å². The number of benzene rings is 1. The van der Waals surface area contributed by atoms with Crippen LogP contribution in [0.1, 0.15) is 126 Å². The molecule has 7 heteroatoms. The third-order valence-electron chi connectivity index (χ3n) is 13.1. The van der Waals surface area contributed by atoms with E-state index in [0.717, 1.165) is 48.5 Å². The van der Waals surface area contributed by atoms with E-state index in [1.807, 2.05) is 12.3 Å². The zero-order chi connectivity index (χ0) is 35.8. The van der Waals surface area contributed by atoms with Crippen molar-refractivity contribution < 1.29 is 9.22 Å². The fraction of sp³-hybridized carbons (Fsp3) is 0.651. The zero-order valence-electron chi connectivity index (χ0n) is 32.4. The van der Waals surface area contributed by atoms with Crippen LogP contribution >= 0.6 is 0 Å². The summed E-state index contributed by atoms with van der Waals surface area (Å²) in [5.74, 6) is 2.23. The van der Waals surface area contributed by atoms with Gasteiger partial charge in [-0.15, -0.1) is 0 Å². The van der Waals surface area contributed by atoms with E-state index in [1.165, 1.54) is 44.0 Å². The van der Waals surface area contributed by atoms with Crippen molar-refractivity contribution in [2.75, 3.05) is 5.32 Å². The molecule has 5 atom stereocenters. The average Bonchev–Trinajstić information content (AvgIpc) is 3.46. The van der Waals surface area contributed by atoms with Gasteiger partial charge in [-0.2, -0.15) is 0 Å². The maximum atomic E-state index is 13.2. The number of hydrogen-bond donors (Lipinski definition) is 1. The summed E-state index contributed by atoms with van der Waals surface area (Å²) in [5, 5.41) is 4.58. The van der Waals surface area contributed by atoms with E-state index < -0.39 is 9.04 Å². The first-order valence-electron chi connectivity index (χ1n) is 19.5. The molecule has 2 fully saturated rings. The second kappa shape index (κ2) is 14.7. The molecule has 271 valence electrons. The van der Waals surface area contributed by atoms with Crippen molar-refractivity contribution in [1.29, 1.82) is 0 Å². The highest BCUT2D eigenvalue weighted by molar-refractivity contribution is 6.56. The Bertz CT molecular complexity index is 1670. The number of nitrogens with zero attached hydrogens (tertiary/aromatic N) is 3. The van der Waals surface area contributed by atoms with Gasteiger partial charge in [-0.1, -0.05) is 66.5 Å². The monoisotopic (exact) mass is 695 g/mol. The van der Waals surface area contributed by atoms with Crippen molar-refractivity contribution in [3.8, 4) is 0 Å². The van der Waals surface area contributed by atoms with Gasteiger partial charge in [0.1, 0.15) is 0 Å². The van der Waals surface area contributed by atoms with Gasteiger partial charge in [-0.05, 0) is 122 Å². The lowest BCUT2D eigenvalue weighted by atomic mass is 9.43. The summed E-state index contributed by atoms with van der Waals surface area (Å²) < 4.78 is 9.46. The molecule has 2 aromatic heterocycles. The maximum Gasteiger partial charge on any atom is 0.224 e. The van der Waals surface area contributed by atoms with Crippen molar-refractivity contribution in [3.63, 3.8) is 0 Å². The highest BCUT2D eigenvalue weighted by Crippen LogP contribution is 2.65. The molecule has 1 amide bonds. The van der Waals surface area contributed by atoms with E-state index in [4.69, 9.17) is 4.43 Å². The van der Waals surface area contributed by atoms with Crippen molar-refractivity contribution in [1.82, 2.24) is 14.5 Å². The number of nitrogens with one attached hydrogen (secondary N) is 1. The standard InChI is InChI=1S/C43H63N4O2Si/c1-29(2)50(41(4,5)6)49-39-19-22-43(9)36-16-13-30(3)34(35(36)15-18-38(43)42(39,7)8)11-10-12-40(48)46-32-14-17-37-31(27-32)20-25-47(37)26-21-33-28-44-23-24-45-33/h14,17,20,23-25,27-29,35-36,38-39H,10-13,15-16,18-19,21-22,26H2,1-9H3,(H,46,48)/t35-,36-,38-,39-,43+/m0/s1. The molecule has 6 nitrogen and oxygen atoms in total. The Morgan fingerprint density at radius 2 is 1.88 bits per heavy atom. The Balaban J connectivity index is 1.04. The van der Waals surface area contributed by atoms with Crippen LogP contribution in [0.5, 0.6) is 0 Å². The second-order valence-corrected chi connectivity index (χ2v) is 21.7. The van der Waals surface area contributed by atoms with Crippen LogP contribution in [-0.2, 0) is 22.2 Å². The molecule has 0 unspecified atom stereocenters. The van der Waals surface area contributed by atoms with Crippen LogP contribution in [0.2, 0.25) is 10.6 Å². The van der Waals surface area contributed by atoms with Crippen molar-refractivity contribution in [2.24, 2.45) is 28.6 Å². The van der Waals surface area contributed by atoms with E-state index >= 15 is 0 Å². The van der Waals surface area contributed by atoms with E-state index in [0.29, 0.717) is 35.3 Å². The van der Waals surface area contributed by atoms with Crippen LogP contribution < -0.4 is 5.32 Å². The number of fused-ring (bicyclic) bond motifs is 4. The summed E-state index contributed by atoms with van der Waals surface area (Å²) in [5.41, 5.74) is 7.48. The first-order chi connectivity index (χ1) is 23.7. The predicted octanol–water partition coefficient (Wildman–Crippen LogP) is 10.9. The lowest BCUT2D eigenvalue weighted by Gasteiger charge is -2.63. The molecule has 6 rings (SSSR count). The van der Waals surface area contributed by atoms with Crippen molar-refractivity contribution >= 4 is 31.5 Å². The molecule has 2 saturated carbocycles. The summed E-state index contributed by atoms with van der Waals surface area (Å²) in [6, 6.07) is 8.37. The van der Waals surface area contributed by atoms with Crippen LogP contribution in [0.25, 0.3) is 10.9 Å². The van der Waals surface area contributed by atoms with Crippen LogP contribution in [0.3, 0.4) is 0 Å². The molecule has 3 aromatic rings. The van der Waals surface area contributed by atoms with Gasteiger partial charge in [0.25, 0.3) is 0 Å². The third-order valence-corrected chi connectivity index (χ3v) is 16.1. The average molecular weight is 696 g/mol. The Hall–Kier alpha value is -2.77. The Kier molecular flexibility index (Phi) is 10.9. The summed E-state index contributed by atoms with van der Waals surface area (Å²) in [4.78, 5) is 21.8. The van der Waals surface area contributed by atoms with E-state index in [2.05, 4.69) is 107 Å². The van der Waals surface area contributed by atoms with Gasteiger partial charge in [0.15, 0.2) is 0 Å². The van der Waals surface area contributed by atoms with Gasteiger partial charge >= 0.3 is 0 Å². The molecule has 1 radical (unpaired) electrons. The third kappa shape index (κ3) is 7.55. The molecule has 3 aliphatic rings. The summed E-state index contributed by atoms with van der Waals surface area (Å²) in [6.07, 6.45) is 18.7. The number of carbonyl (C=O) groups is 1. The number of aryl methyl sites for hydroxylation is 2. The number of aromatic nitrogens is 3. The molecular formula is C43H63N4O2Si. The van der Waals surface area contributed by atoms with Gasteiger partial charge in [0, 0.05) is 60.8 Å². The highest BCUT2D eigenvalue weighted by atomic mass is 28.3. The summed E-state index contributed by atoms with van der Waals surface area (Å²) in [6.45, 7) is 22.9. The molecule has 0 aliphatic heterocycles. The molecule has 0 bridgehead atoms. The first-order valence-corrected chi connectivity index (χ1v) is 21.0. The number of amides is 1. The fourth-order valence-corrected chi connectivity index (χ4v) is 13.9. The van der Waals surface area contributed by atoms with Crippen molar-refractivity contribution in [3.05, 3.63) is 65.9 Å². The van der Waals surface area contributed by atoms with Crippen LogP contribution in [0.4, 0.5) is 5.69 Å². The van der Waals surface area contributed by atoms with Gasteiger partial charge in [-0.3, -0.25) is 14.8 Å². The molecule has 3 aliphatic carbocycles. The number of carbonyl (C=O) groups excluding carboxylic acids is 1. The first kappa shape index (κ1) is 37.0. The molecule has 0 spiro atoms. The fourth-order valence-electron chi connectivity index (χ4n) is 10.8. The predicted molar refractivity (Wildman–Crippen MR) is 208 cm³/mol. The minimum Gasteiger partial charge on any atom is -0.412 e. The maximum absolute atomic E-state index is 13.2. The van der Waals surface area contributed by atoms with Crippen LogP contribution in [0.15, 0.2) is 60.2 Å². The van der Waals surface area contributed by atoms with Crippen LogP contribution in [-0.4, -0.2) is 35.6 Å². The second-order valence-electron chi connectivity index (χ2n) is 18.1. The van der Waals surface area contributed by atoms with Gasteiger partial charge in [0.05, 0.1) is 11.8 Å². The van der Waals surface area contributed by atoms with E-state index in [9.17, 15) is 4.79 Å². The largest absolute Gasteiger partial charge is 0.412 e. The van der Waals surface area contributed by atoms with Gasteiger partial charge in [-0.25, -0.2) is 0 Å². The topological polar surface area (TPSA) is 69.0 Å². The number of allylic oxidation sites excluding steroid dienone is 2.